The van der Waals surface area contributed by atoms with Crippen molar-refractivity contribution in [2.24, 2.45) is 5.92 Å². The first-order chi connectivity index (χ1) is 15.6. The molecule has 4 rings (SSSR count). The van der Waals surface area contributed by atoms with Gasteiger partial charge in [0, 0.05) is 35.3 Å². The maximum Gasteiger partial charge on any atom is 0.165 e. The zero-order valence-corrected chi connectivity index (χ0v) is 20.9. The van der Waals surface area contributed by atoms with Crippen molar-refractivity contribution in [3.63, 3.8) is 0 Å². The monoisotopic (exact) mass is 490 g/mol. The Morgan fingerprint density at radius 2 is 2.03 bits per heavy atom. The first-order valence-corrected chi connectivity index (χ1v) is 12.2. The molecule has 176 valence electrons. The average molecular weight is 491 g/mol. The van der Waals surface area contributed by atoms with Crippen LogP contribution in [0.3, 0.4) is 0 Å². The van der Waals surface area contributed by atoms with Gasteiger partial charge in [-0.05, 0) is 59.2 Å². The standard InChI is InChI=1S/C24H28ClFN4O2S/c1-13(2)28-21-8-15(6-7-27-21)22-29-30-23(33-22)17-9-19(26)20(10-18(17)25)31-12-16-11-24(4,5)32-14(16)3/h6-10,13-14,16H,11-12H2,1-5H3,(H,27,28). The van der Waals surface area contributed by atoms with E-state index in [4.69, 9.17) is 21.1 Å². The molecular formula is C24H28ClFN4O2S. The molecule has 1 aliphatic rings. The fourth-order valence-electron chi connectivity index (χ4n) is 4.03. The predicted molar refractivity (Wildman–Crippen MR) is 131 cm³/mol. The van der Waals surface area contributed by atoms with Crippen LogP contribution in [-0.4, -0.2) is 39.5 Å². The minimum atomic E-state index is -0.482. The molecule has 2 aromatic heterocycles. The number of aromatic nitrogens is 3. The Balaban J connectivity index is 1.50. The number of nitrogens with zero attached hydrogens (tertiary/aromatic N) is 3. The molecule has 0 spiro atoms. The summed E-state index contributed by atoms with van der Waals surface area (Å²) in [7, 11) is 0. The molecule has 0 saturated carbocycles. The van der Waals surface area contributed by atoms with Crippen LogP contribution in [0.4, 0.5) is 10.2 Å². The Morgan fingerprint density at radius 1 is 1.27 bits per heavy atom. The molecule has 1 aromatic carbocycles. The molecule has 2 unspecified atom stereocenters. The van der Waals surface area contributed by atoms with E-state index in [0.29, 0.717) is 27.2 Å². The molecular weight excluding hydrogens is 463 g/mol. The van der Waals surface area contributed by atoms with E-state index in [0.717, 1.165) is 17.8 Å². The van der Waals surface area contributed by atoms with Crippen LogP contribution in [0.5, 0.6) is 5.75 Å². The molecule has 1 saturated heterocycles. The normalized spacial score (nSPS) is 19.8. The van der Waals surface area contributed by atoms with Gasteiger partial charge in [0.1, 0.15) is 15.8 Å². The number of halogens is 2. The fourth-order valence-corrected chi connectivity index (χ4v) is 5.20. The highest BCUT2D eigenvalue weighted by molar-refractivity contribution is 7.18. The summed E-state index contributed by atoms with van der Waals surface area (Å²) in [4.78, 5) is 4.32. The third-order valence-electron chi connectivity index (χ3n) is 5.50. The van der Waals surface area contributed by atoms with Gasteiger partial charge in [-0.3, -0.25) is 0 Å². The first-order valence-electron chi connectivity index (χ1n) is 11.0. The zero-order chi connectivity index (χ0) is 23.8. The second kappa shape index (κ2) is 9.52. The topological polar surface area (TPSA) is 69.2 Å². The van der Waals surface area contributed by atoms with E-state index < -0.39 is 5.82 Å². The summed E-state index contributed by atoms with van der Waals surface area (Å²) in [5, 5.41) is 13.4. The van der Waals surface area contributed by atoms with Crippen molar-refractivity contribution in [1.82, 2.24) is 15.2 Å². The van der Waals surface area contributed by atoms with Crippen molar-refractivity contribution in [2.45, 2.75) is 58.8 Å². The van der Waals surface area contributed by atoms with Crippen LogP contribution in [0.2, 0.25) is 5.02 Å². The van der Waals surface area contributed by atoms with Crippen LogP contribution in [-0.2, 0) is 4.74 Å². The number of anilines is 1. The highest BCUT2D eigenvalue weighted by Crippen LogP contribution is 2.39. The van der Waals surface area contributed by atoms with Gasteiger partial charge in [0.05, 0.1) is 23.3 Å². The van der Waals surface area contributed by atoms with Crippen molar-refractivity contribution in [2.75, 3.05) is 11.9 Å². The van der Waals surface area contributed by atoms with Gasteiger partial charge in [-0.15, -0.1) is 10.2 Å². The quantitative estimate of drug-likeness (QED) is 0.409. The fraction of sp³-hybridized carbons (Fsp3) is 0.458. The lowest BCUT2D eigenvalue weighted by atomic mass is 9.95. The number of pyridine rings is 1. The first kappa shape index (κ1) is 23.9. The molecule has 0 radical (unpaired) electrons. The van der Waals surface area contributed by atoms with Gasteiger partial charge in [0.2, 0.25) is 0 Å². The Hall–Kier alpha value is -2.29. The van der Waals surface area contributed by atoms with Gasteiger partial charge in [-0.1, -0.05) is 22.9 Å². The number of nitrogens with one attached hydrogen (secondary N) is 1. The third kappa shape index (κ3) is 5.62. The second-order valence-electron chi connectivity index (χ2n) is 9.26. The molecule has 6 nitrogen and oxygen atoms in total. The summed E-state index contributed by atoms with van der Waals surface area (Å²) in [5.41, 5.74) is 1.17. The summed E-state index contributed by atoms with van der Waals surface area (Å²) in [5.74, 6) is 0.599. The van der Waals surface area contributed by atoms with Crippen molar-refractivity contribution in [3.05, 3.63) is 41.3 Å². The van der Waals surface area contributed by atoms with Crippen LogP contribution in [0.1, 0.15) is 41.0 Å². The highest BCUT2D eigenvalue weighted by atomic mass is 35.5. The molecule has 2 atom stereocenters. The molecule has 1 fully saturated rings. The lowest BCUT2D eigenvalue weighted by Gasteiger charge is -2.16. The number of hydrogen-bond acceptors (Lipinski definition) is 7. The molecule has 3 aromatic rings. The van der Waals surface area contributed by atoms with Crippen molar-refractivity contribution >= 4 is 28.8 Å². The van der Waals surface area contributed by atoms with Gasteiger partial charge in [-0.2, -0.15) is 0 Å². The van der Waals surface area contributed by atoms with E-state index in [1.165, 1.54) is 23.5 Å². The molecule has 33 heavy (non-hydrogen) atoms. The Morgan fingerprint density at radius 3 is 2.73 bits per heavy atom. The van der Waals surface area contributed by atoms with E-state index in [9.17, 15) is 4.39 Å². The average Bonchev–Trinajstić information content (AvgIpc) is 3.32. The SMILES string of the molecule is CC(C)Nc1cc(-c2nnc(-c3cc(F)c(OCC4CC(C)(C)OC4C)cc3Cl)s2)ccn1. The number of ether oxygens (including phenoxy) is 2. The summed E-state index contributed by atoms with van der Waals surface area (Å²) in [6.07, 6.45) is 2.64. The summed E-state index contributed by atoms with van der Waals surface area (Å²) in [6.45, 7) is 10.6. The molecule has 3 heterocycles. The van der Waals surface area contributed by atoms with Crippen LogP contribution in [0.15, 0.2) is 30.5 Å². The van der Waals surface area contributed by atoms with Crippen LogP contribution in [0, 0.1) is 11.7 Å². The van der Waals surface area contributed by atoms with E-state index >= 15 is 0 Å². The van der Waals surface area contributed by atoms with E-state index in [1.807, 2.05) is 32.9 Å². The lowest BCUT2D eigenvalue weighted by Crippen LogP contribution is -2.19. The summed E-state index contributed by atoms with van der Waals surface area (Å²) >= 11 is 7.83. The van der Waals surface area contributed by atoms with Crippen molar-refractivity contribution in [1.29, 1.82) is 0 Å². The van der Waals surface area contributed by atoms with Crippen molar-refractivity contribution < 1.29 is 13.9 Å². The van der Waals surface area contributed by atoms with E-state index in [1.54, 1.807) is 6.20 Å². The molecule has 9 heteroatoms. The van der Waals surface area contributed by atoms with Gasteiger partial charge in [0.15, 0.2) is 11.6 Å². The molecule has 0 bridgehead atoms. The minimum Gasteiger partial charge on any atom is -0.490 e. The third-order valence-corrected chi connectivity index (χ3v) is 6.81. The largest absolute Gasteiger partial charge is 0.490 e. The molecule has 0 aliphatic carbocycles. The lowest BCUT2D eigenvalue weighted by molar-refractivity contribution is -0.0140. The maximum atomic E-state index is 14.9. The van der Waals surface area contributed by atoms with Gasteiger partial charge in [-0.25, -0.2) is 9.37 Å². The Labute approximate surface area is 202 Å². The van der Waals surface area contributed by atoms with Crippen molar-refractivity contribution in [3.8, 4) is 26.9 Å². The van der Waals surface area contributed by atoms with Crippen LogP contribution < -0.4 is 10.1 Å². The Bertz CT molecular complexity index is 1140. The number of hydrogen-bond donors (Lipinski definition) is 1. The Kier molecular flexibility index (Phi) is 6.88. The maximum absolute atomic E-state index is 14.9. The zero-order valence-electron chi connectivity index (χ0n) is 19.4. The summed E-state index contributed by atoms with van der Waals surface area (Å²) in [6, 6.07) is 6.91. The van der Waals surface area contributed by atoms with Gasteiger partial charge in [0.25, 0.3) is 0 Å². The second-order valence-corrected chi connectivity index (χ2v) is 10.6. The molecule has 1 aliphatic heterocycles. The highest BCUT2D eigenvalue weighted by Gasteiger charge is 2.38. The number of rotatable bonds is 7. The smallest absolute Gasteiger partial charge is 0.165 e. The van der Waals surface area contributed by atoms with E-state index in [-0.39, 0.29) is 29.4 Å². The predicted octanol–water partition coefficient (Wildman–Crippen LogP) is 6.46. The van der Waals surface area contributed by atoms with E-state index in [2.05, 4.69) is 34.3 Å². The minimum absolute atomic E-state index is 0.0575. The van der Waals surface area contributed by atoms with Gasteiger partial charge >= 0.3 is 0 Å². The van der Waals surface area contributed by atoms with Crippen LogP contribution >= 0.6 is 22.9 Å². The molecule has 0 amide bonds. The van der Waals surface area contributed by atoms with Crippen LogP contribution in [0.25, 0.3) is 21.1 Å². The number of benzene rings is 1. The summed E-state index contributed by atoms with van der Waals surface area (Å²) < 4.78 is 26.6. The van der Waals surface area contributed by atoms with Gasteiger partial charge < -0.3 is 14.8 Å². The molecule has 1 N–H and O–H groups in total.